The van der Waals surface area contributed by atoms with Crippen molar-refractivity contribution < 1.29 is 22.5 Å². The molecule has 1 aliphatic heterocycles. The van der Waals surface area contributed by atoms with Crippen molar-refractivity contribution in [3.63, 3.8) is 0 Å². The van der Waals surface area contributed by atoms with Crippen molar-refractivity contribution in [2.75, 3.05) is 6.54 Å². The Labute approximate surface area is 185 Å². The third kappa shape index (κ3) is 4.19. The third-order valence-electron chi connectivity index (χ3n) is 5.68. The Balaban J connectivity index is 1.34. The van der Waals surface area contributed by atoms with E-state index in [2.05, 4.69) is 10.1 Å². The molecule has 5 rings (SSSR count). The monoisotopic (exact) mass is 453 g/mol. The lowest BCUT2D eigenvalue weighted by Gasteiger charge is -2.19. The van der Waals surface area contributed by atoms with Crippen LogP contribution in [0.4, 0.5) is 0 Å². The highest BCUT2D eigenvalue weighted by Gasteiger charge is 2.36. The molecule has 0 bridgehead atoms. The molecule has 2 atom stereocenters. The molecule has 8 nitrogen and oxygen atoms in total. The molecule has 0 spiro atoms. The van der Waals surface area contributed by atoms with Gasteiger partial charge in [-0.1, -0.05) is 41.1 Å². The van der Waals surface area contributed by atoms with Gasteiger partial charge in [-0.15, -0.1) is 0 Å². The summed E-state index contributed by atoms with van der Waals surface area (Å²) in [7, 11) is -3.59. The summed E-state index contributed by atoms with van der Waals surface area (Å²) in [6.45, 7) is 2.80. The third-order valence-corrected chi connectivity index (χ3v) is 7.31. The minimum Gasteiger partial charge on any atom is -0.460 e. The molecule has 0 unspecified atom stereocenters. The van der Waals surface area contributed by atoms with E-state index in [1.807, 2.05) is 42.2 Å². The molecule has 1 aliphatic rings. The van der Waals surface area contributed by atoms with Gasteiger partial charge in [-0.2, -0.15) is 4.98 Å². The van der Waals surface area contributed by atoms with Crippen molar-refractivity contribution in [1.29, 1.82) is 0 Å². The number of aliphatic hydroxyl groups is 1. The predicted octanol–water partition coefficient (Wildman–Crippen LogP) is 3.41. The second-order valence-corrected chi connectivity index (χ2v) is 10.2. The van der Waals surface area contributed by atoms with E-state index < -0.39 is 15.9 Å². The molecule has 9 heteroatoms. The van der Waals surface area contributed by atoms with Gasteiger partial charge in [-0.05, 0) is 37.6 Å². The molecule has 0 amide bonds. The van der Waals surface area contributed by atoms with Crippen LogP contribution in [0.3, 0.4) is 0 Å². The number of β-amino-alcohol motifs (C(OH)–C–C–N with tert-alkyl or cyclic N) is 1. The van der Waals surface area contributed by atoms with E-state index in [9.17, 15) is 13.5 Å². The fourth-order valence-corrected chi connectivity index (χ4v) is 5.26. The number of aryl methyl sites for hydroxylation is 1. The molecule has 3 heterocycles. The Morgan fingerprint density at radius 3 is 2.72 bits per heavy atom. The van der Waals surface area contributed by atoms with Crippen LogP contribution in [0.25, 0.3) is 11.0 Å². The summed E-state index contributed by atoms with van der Waals surface area (Å²) < 4.78 is 36.7. The first-order valence-electron chi connectivity index (χ1n) is 10.4. The fraction of sp³-hybridized carbons (Fsp3) is 0.304. The zero-order valence-electron chi connectivity index (χ0n) is 17.5. The Kier molecular flexibility index (Phi) is 5.32. The van der Waals surface area contributed by atoms with Crippen LogP contribution in [0.1, 0.15) is 35.5 Å². The molecule has 32 heavy (non-hydrogen) atoms. The Morgan fingerprint density at radius 1 is 1.16 bits per heavy atom. The molecule has 4 aromatic rings. The second kappa shape index (κ2) is 8.16. The number of benzene rings is 2. The zero-order valence-corrected chi connectivity index (χ0v) is 18.3. The van der Waals surface area contributed by atoms with Crippen molar-refractivity contribution in [3.8, 4) is 0 Å². The topological polar surface area (TPSA) is 110 Å². The molecule has 0 saturated carbocycles. The summed E-state index contributed by atoms with van der Waals surface area (Å²) in [5.41, 5.74) is 1.79. The quantitative estimate of drug-likeness (QED) is 0.473. The van der Waals surface area contributed by atoms with E-state index in [0.29, 0.717) is 25.4 Å². The molecule has 1 saturated heterocycles. The molecule has 1 fully saturated rings. The Bertz CT molecular complexity index is 1310. The number of aromatic nitrogens is 2. The molecular weight excluding hydrogens is 430 g/mol. The van der Waals surface area contributed by atoms with Gasteiger partial charge < -0.3 is 14.0 Å². The lowest BCUT2D eigenvalue weighted by atomic mass is 10.2. The van der Waals surface area contributed by atoms with E-state index in [1.165, 1.54) is 0 Å². The first-order chi connectivity index (χ1) is 15.4. The average molecular weight is 454 g/mol. The lowest BCUT2D eigenvalue weighted by molar-refractivity contribution is 0.164. The fourth-order valence-electron chi connectivity index (χ4n) is 4.09. The second-order valence-electron chi connectivity index (χ2n) is 8.21. The zero-order chi connectivity index (χ0) is 22.3. The largest absolute Gasteiger partial charge is 0.460 e. The van der Waals surface area contributed by atoms with Crippen LogP contribution in [0.2, 0.25) is 0 Å². The van der Waals surface area contributed by atoms with Crippen molar-refractivity contribution in [2.24, 2.45) is 0 Å². The van der Waals surface area contributed by atoms with Crippen LogP contribution in [0.15, 0.2) is 68.4 Å². The molecule has 0 radical (unpaired) electrons. The number of likely N-dealkylation sites (tertiary alicyclic amines) is 1. The SMILES string of the molecule is Cc1ccc(S(=O)(=O)Cc2noc([C@@H]3C[C@@H](O)CN3Cc3cc4ccccc4o3)n2)cc1. The van der Waals surface area contributed by atoms with Crippen LogP contribution >= 0.6 is 0 Å². The van der Waals surface area contributed by atoms with Gasteiger partial charge >= 0.3 is 0 Å². The number of furan rings is 1. The number of aliphatic hydroxyl groups excluding tert-OH is 1. The van der Waals surface area contributed by atoms with E-state index in [1.54, 1.807) is 24.3 Å². The highest BCUT2D eigenvalue weighted by molar-refractivity contribution is 7.90. The van der Waals surface area contributed by atoms with Crippen molar-refractivity contribution >= 4 is 20.8 Å². The summed E-state index contributed by atoms with van der Waals surface area (Å²) in [6, 6.07) is 16.1. The molecule has 1 N–H and O–H groups in total. The van der Waals surface area contributed by atoms with Crippen LogP contribution < -0.4 is 0 Å². The molecule has 2 aromatic heterocycles. The number of para-hydroxylation sites is 1. The highest BCUT2D eigenvalue weighted by atomic mass is 32.2. The number of fused-ring (bicyclic) bond motifs is 1. The predicted molar refractivity (Wildman–Crippen MR) is 116 cm³/mol. The van der Waals surface area contributed by atoms with E-state index in [4.69, 9.17) is 8.94 Å². The summed E-state index contributed by atoms with van der Waals surface area (Å²) in [6.07, 6.45) is -0.122. The van der Waals surface area contributed by atoms with Crippen LogP contribution in [0, 0.1) is 6.92 Å². The first kappa shape index (κ1) is 20.9. The van der Waals surface area contributed by atoms with Gasteiger partial charge in [0.15, 0.2) is 15.7 Å². The number of nitrogens with zero attached hydrogens (tertiary/aromatic N) is 3. The average Bonchev–Trinajstić information content (AvgIpc) is 3.46. The van der Waals surface area contributed by atoms with Crippen LogP contribution in [-0.2, 0) is 22.1 Å². The lowest BCUT2D eigenvalue weighted by Crippen LogP contribution is -2.24. The minimum atomic E-state index is -3.59. The number of hydrogen-bond donors (Lipinski definition) is 1. The normalized spacial score (nSPS) is 19.7. The van der Waals surface area contributed by atoms with Gasteiger partial charge in [0, 0.05) is 11.9 Å². The maximum Gasteiger partial charge on any atom is 0.244 e. The van der Waals surface area contributed by atoms with Crippen molar-refractivity contribution in [3.05, 3.63) is 77.6 Å². The van der Waals surface area contributed by atoms with Gasteiger partial charge in [-0.3, -0.25) is 4.90 Å². The minimum absolute atomic E-state index is 0.102. The van der Waals surface area contributed by atoms with Crippen molar-refractivity contribution in [2.45, 2.75) is 42.7 Å². The summed E-state index contributed by atoms with van der Waals surface area (Å²) in [4.78, 5) is 6.58. The number of hydrogen-bond acceptors (Lipinski definition) is 8. The van der Waals surface area contributed by atoms with Crippen LogP contribution in [-0.4, -0.2) is 41.2 Å². The van der Waals surface area contributed by atoms with E-state index in [0.717, 1.165) is 22.3 Å². The van der Waals surface area contributed by atoms with Crippen LogP contribution in [0.5, 0.6) is 0 Å². The number of rotatable bonds is 6. The smallest absolute Gasteiger partial charge is 0.244 e. The summed E-state index contributed by atoms with van der Waals surface area (Å²) in [5.74, 6) is 0.822. The summed E-state index contributed by atoms with van der Waals surface area (Å²) >= 11 is 0. The van der Waals surface area contributed by atoms with Gasteiger partial charge in [0.25, 0.3) is 0 Å². The number of sulfone groups is 1. The van der Waals surface area contributed by atoms with E-state index in [-0.39, 0.29) is 22.5 Å². The standard InChI is InChI=1S/C23H23N3O5S/c1-15-6-8-19(9-7-15)32(28,29)14-22-24-23(31-25-22)20-11-17(27)12-26(20)13-18-10-16-4-2-3-5-21(16)30-18/h2-10,17,20,27H,11-14H2,1H3/t17-,20+/m1/s1. The van der Waals surface area contributed by atoms with Gasteiger partial charge in [0.05, 0.1) is 23.6 Å². The van der Waals surface area contributed by atoms with Gasteiger partial charge in [0.1, 0.15) is 17.1 Å². The Morgan fingerprint density at radius 2 is 1.94 bits per heavy atom. The summed E-state index contributed by atoms with van der Waals surface area (Å²) in [5, 5.41) is 15.2. The molecular formula is C23H23N3O5S. The highest BCUT2D eigenvalue weighted by Crippen LogP contribution is 2.33. The Hall–Kier alpha value is -3.01. The van der Waals surface area contributed by atoms with Gasteiger partial charge in [0.2, 0.25) is 5.89 Å². The molecule has 166 valence electrons. The van der Waals surface area contributed by atoms with Crippen molar-refractivity contribution in [1.82, 2.24) is 15.0 Å². The first-order valence-corrected chi connectivity index (χ1v) is 12.0. The van der Waals surface area contributed by atoms with E-state index >= 15 is 0 Å². The maximum absolute atomic E-state index is 12.7. The maximum atomic E-state index is 12.7. The molecule has 0 aliphatic carbocycles. The van der Waals surface area contributed by atoms with Gasteiger partial charge in [-0.25, -0.2) is 8.42 Å². The molecule has 2 aromatic carbocycles.